The fraction of sp³-hybridized carbons (Fsp3) is 0. The molecule has 0 amide bonds. The summed E-state index contributed by atoms with van der Waals surface area (Å²) in [7, 11) is -17.2. The molecule has 0 unspecified atom stereocenters. The topological polar surface area (TPSA) is 137 Å². The Hall–Kier alpha value is -4.66. The van der Waals surface area contributed by atoms with Crippen LogP contribution in [0.1, 0.15) is 43.1 Å². The molecule has 5 heterocycles. The largest absolute Gasteiger partial charge is 0.218 e. The van der Waals surface area contributed by atoms with Crippen LogP contribution in [0.5, 0.6) is 0 Å². The van der Waals surface area contributed by atoms with Crippen LogP contribution in [0.3, 0.4) is 0 Å². The Morgan fingerprint density at radius 2 is 0.571 bits per heavy atom. The van der Waals surface area contributed by atoms with Crippen LogP contribution in [0.4, 0.5) is 0 Å². The van der Waals surface area contributed by atoms with E-state index in [0.717, 1.165) is 11.3 Å². The molecule has 0 N–H and O–H groups in total. The first kappa shape index (κ1) is 30.4. The van der Waals surface area contributed by atoms with Crippen molar-refractivity contribution in [3.63, 3.8) is 0 Å². The van der Waals surface area contributed by atoms with E-state index in [1.165, 1.54) is 48.6 Å². The SMILES string of the molecule is O=S1(=O)C(c2sc(C3=Cc4ccccc4S3(=O)=O)c(C3=Cc4ccccc4S3(=O)=O)c2C2=Cc3ccccc3S2(=O)=O)=Cc2ccccc21. The van der Waals surface area contributed by atoms with Gasteiger partial charge in [0, 0.05) is 11.1 Å². The van der Waals surface area contributed by atoms with Crippen molar-refractivity contribution in [3.05, 3.63) is 140 Å². The fourth-order valence-corrected chi connectivity index (χ4v) is 15.4. The summed E-state index contributed by atoms with van der Waals surface area (Å²) in [5, 5.41) is 0. The van der Waals surface area contributed by atoms with Crippen LogP contribution in [0.15, 0.2) is 117 Å². The van der Waals surface area contributed by atoms with Crippen molar-refractivity contribution >= 4 is 94.6 Å². The molecule has 4 aliphatic heterocycles. The molecule has 4 aliphatic rings. The van der Waals surface area contributed by atoms with Gasteiger partial charge in [0.25, 0.3) is 0 Å². The second-order valence-electron chi connectivity index (χ2n) is 11.7. The van der Waals surface area contributed by atoms with Crippen molar-refractivity contribution in [3.8, 4) is 0 Å². The predicted molar refractivity (Wildman–Crippen MR) is 190 cm³/mol. The zero-order valence-corrected chi connectivity index (χ0v) is 28.9. The summed E-state index contributed by atoms with van der Waals surface area (Å²) in [6.07, 6.45) is 5.61. The van der Waals surface area contributed by atoms with E-state index in [0.29, 0.717) is 22.3 Å². The van der Waals surface area contributed by atoms with Gasteiger partial charge in [-0.3, -0.25) is 0 Å². The third-order valence-electron chi connectivity index (χ3n) is 8.99. The predicted octanol–water partition coefficient (Wildman–Crippen LogP) is 6.89. The molecule has 0 radical (unpaired) electrons. The van der Waals surface area contributed by atoms with Crippen LogP contribution < -0.4 is 0 Å². The molecule has 1 aromatic heterocycles. The molecule has 0 bridgehead atoms. The number of rotatable bonds is 4. The number of hydrogen-bond donors (Lipinski definition) is 0. The maximum atomic E-state index is 14.4. The first-order chi connectivity index (χ1) is 23.3. The molecule has 0 aliphatic carbocycles. The Morgan fingerprint density at radius 1 is 0.327 bits per heavy atom. The minimum atomic E-state index is -4.35. The van der Waals surface area contributed by atoms with Crippen LogP contribution >= 0.6 is 11.3 Å². The molecule has 8 nitrogen and oxygen atoms in total. The lowest BCUT2D eigenvalue weighted by molar-refractivity contribution is 0.604. The third-order valence-corrected chi connectivity index (χ3v) is 17.9. The number of benzene rings is 4. The lowest BCUT2D eigenvalue weighted by Crippen LogP contribution is -2.08. The molecule has 0 atom stereocenters. The second-order valence-corrected chi connectivity index (χ2v) is 20.3. The normalized spacial score (nSPS) is 19.6. The number of thiophene rings is 1. The average Bonchev–Trinajstić information content (AvgIpc) is 3.81. The highest BCUT2D eigenvalue weighted by molar-refractivity contribution is 8.03. The Balaban J connectivity index is 1.45. The van der Waals surface area contributed by atoms with Crippen molar-refractivity contribution in [1.82, 2.24) is 0 Å². The Labute approximate surface area is 286 Å². The minimum absolute atomic E-state index is 0.000730. The van der Waals surface area contributed by atoms with Gasteiger partial charge in [-0.05, 0) is 70.8 Å². The van der Waals surface area contributed by atoms with E-state index in [4.69, 9.17) is 0 Å². The highest BCUT2D eigenvalue weighted by Crippen LogP contribution is 2.57. The molecule has 49 heavy (non-hydrogen) atoms. The average molecular weight is 741 g/mol. The number of fused-ring (bicyclic) bond motifs is 4. The first-order valence-corrected chi connectivity index (χ1v) is 21.5. The molecular weight excluding hydrogens is 721 g/mol. The molecular formula is C36H20O8S5. The monoisotopic (exact) mass is 740 g/mol. The summed E-state index contributed by atoms with van der Waals surface area (Å²) in [5.41, 5.74) is 1.03. The van der Waals surface area contributed by atoms with Crippen LogP contribution in [-0.2, 0) is 39.3 Å². The maximum absolute atomic E-state index is 14.4. The van der Waals surface area contributed by atoms with Crippen LogP contribution in [-0.4, -0.2) is 33.7 Å². The fourth-order valence-electron chi connectivity index (χ4n) is 6.76. The van der Waals surface area contributed by atoms with E-state index < -0.39 is 39.3 Å². The highest BCUT2D eigenvalue weighted by Gasteiger charge is 2.46. The molecule has 0 spiro atoms. The van der Waals surface area contributed by atoms with E-state index in [9.17, 15) is 33.7 Å². The van der Waals surface area contributed by atoms with Gasteiger partial charge in [-0.15, -0.1) is 11.3 Å². The lowest BCUT2D eigenvalue weighted by Gasteiger charge is -2.13. The van der Waals surface area contributed by atoms with Crippen molar-refractivity contribution in [2.24, 2.45) is 0 Å². The van der Waals surface area contributed by atoms with Gasteiger partial charge >= 0.3 is 0 Å². The number of hydrogen-bond acceptors (Lipinski definition) is 9. The molecule has 242 valence electrons. The van der Waals surface area contributed by atoms with E-state index in [2.05, 4.69) is 0 Å². The van der Waals surface area contributed by atoms with Gasteiger partial charge in [0.2, 0.25) is 39.3 Å². The maximum Gasteiger partial charge on any atom is 0.208 e. The van der Waals surface area contributed by atoms with Crippen LogP contribution in [0.2, 0.25) is 0 Å². The second kappa shape index (κ2) is 9.96. The summed E-state index contributed by atoms with van der Waals surface area (Å²) in [6, 6.07) is 25.0. The summed E-state index contributed by atoms with van der Waals surface area (Å²) in [4.78, 5) is -1.39. The van der Waals surface area contributed by atoms with Gasteiger partial charge in [0.1, 0.15) is 0 Å². The van der Waals surface area contributed by atoms with Crippen molar-refractivity contribution in [2.45, 2.75) is 19.6 Å². The minimum Gasteiger partial charge on any atom is -0.218 e. The highest BCUT2D eigenvalue weighted by atomic mass is 32.2. The first-order valence-electron chi connectivity index (χ1n) is 14.7. The summed E-state index contributed by atoms with van der Waals surface area (Å²) in [6.45, 7) is 0. The molecule has 9 rings (SSSR count). The quantitative estimate of drug-likeness (QED) is 0.194. The van der Waals surface area contributed by atoms with Crippen molar-refractivity contribution in [1.29, 1.82) is 0 Å². The van der Waals surface area contributed by atoms with E-state index in [-0.39, 0.29) is 60.1 Å². The molecule has 0 saturated heterocycles. The zero-order chi connectivity index (χ0) is 34.1. The number of sulfone groups is 4. The summed E-state index contributed by atoms with van der Waals surface area (Å²) >= 11 is 0.754. The van der Waals surface area contributed by atoms with Crippen molar-refractivity contribution in [2.75, 3.05) is 0 Å². The van der Waals surface area contributed by atoms with Gasteiger partial charge in [-0.1, -0.05) is 72.8 Å². The zero-order valence-electron chi connectivity index (χ0n) is 24.9. The van der Waals surface area contributed by atoms with E-state index in [1.54, 1.807) is 72.8 Å². The van der Waals surface area contributed by atoms with Gasteiger partial charge in [0.15, 0.2) is 0 Å². The van der Waals surface area contributed by atoms with Gasteiger partial charge < -0.3 is 0 Å². The van der Waals surface area contributed by atoms with Crippen molar-refractivity contribution < 1.29 is 33.7 Å². The molecule has 13 heteroatoms. The molecule has 0 saturated carbocycles. The molecule has 5 aromatic rings. The van der Waals surface area contributed by atoms with Crippen LogP contribution in [0.25, 0.3) is 43.9 Å². The van der Waals surface area contributed by atoms with Crippen LogP contribution in [0, 0.1) is 0 Å². The van der Waals surface area contributed by atoms with E-state index >= 15 is 0 Å². The van der Waals surface area contributed by atoms with Gasteiger partial charge in [-0.25, -0.2) is 33.7 Å². The Bertz CT molecular complexity index is 2770. The molecule has 0 fully saturated rings. The Morgan fingerprint density at radius 3 is 0.857 bits per heavy atom. The van der Waals surface area contributed by atoms with Gasteiger partial charge in [0.05, 0.1) is 49.0 Å². The van der Waals surface area contributed by atoms with E-state index in [1.807, 2.05) is 0 Å². The smallest absolute Gasteiger partial charge is 0.208 e. The summed E-state index contributed by atoms with van der Waals surface area (Å²) in [5.74, 6) is 0. The molecule has 4 aromatic carbocycles. The third kappa shape index (κ3) is 4.04. The summed E-state index contributed by atoms with van der Waals surface area (Å²) < 4.78 is 114. The Kier molecular flexibility index (Phi) is 6.18. The lowest BCUT2D eigenvalue weighted by atomic mass is 10.0. The standard InChI is InChI=1S/C36H20O8S5/c37-46(38)25-13-5-1-9-21(25)17-29(46)33-34(30-18-22-10-2-6-14-26(22)47(30,39)40)36(32-20-24-12-4-8-16-28(24)49(32,43)44)45-35(33)31-19-23-11-3-7-15-27(23)48(31,41)42/h1-20H. The van der Waals surface area contributed by atoms with Gasteiger partial charge in [-0.2, -0.15) is 0 Å².